The maximum Gasteiger partial charge on any atom is 0.240 e. The number of amides is 1. The molecular formula is C11H20N2O3. The topological polar surface area (TPSA) is 73.6 Å². The molecule has 0 atom stereocenters. The predicted octanol–water partition coefficient (Wildman–Crippen LogP) is -0.212. The molecular weight excluding hydrogens is 208 g/mol. The van der Waals surface area contributed by atoms with Gasteiger partial charge in [-0.2, -0.15) is 0 Å². The summed E-state index contributed by atoms with van der Waals surface area (Å²) in [6.45, 7) is 1.16. The molecule has 3 N–H and O–H groups in total. The van der Waals surface area contributed by atoms with Gasteiger partial charge in [0.1, 0.15) is 0 Å². The normalized spacial score (nSPS) is 32.9. The van der Waals surface area contributed by atoms with E-state index in [4.69, 9.17) is 15.2 Å². The maximum atomic E-state index is 12.0. The first-order valence-electron chi connectivity index (χ1n) is 5.84. The SMILES string of the molecule is COC1CC(NC(=O)C2(N)CCOCC2)C1. The third-order valence-electron chi connectivity index (χ3n) is 3.60. The van der Waals surface area contributed by atoms with Crippen molar-refractivity contribution in [2.75, 3.05) is 20.3 Å². The van der Waals surface area contributed by atoms with E-state index in [0.29, 0.717) is 32.2 Å². The van der Waals surface area contributed by atoms with E-state index in [9.17, 15) is 4.79 Å². The Morgan fingerprint density at radius 1 is 1.44 bits per heavy atom. The van der Waals surface area contributed by atoms with Gasteiger partial charge in [0, 0.05) is 26.4 Å². The van der Waals surface area contributed by atoms with Gasteiger partial charge in [0.05, 0.1) is 11.6 Å². The molecule has 1 heterocycles. The van der Waals surface area contributed by atoms with E-state index >= 15 is 0 Å². The van der Waals surface area contributed by atoms with E-state index in [1.807, 2.05) is 0 Å². The minimum atomic E-state index is -0.726. The molecule has 2 aliphatic rings. The van der Waals surface area contributed by atoms with Crippen LogP contribution in [0.25, 0.3) is 0 Å². The van der Waals surface area contributed by atoms with E-state index in [-0.39, 0.29) is 11.9 Å². The maximum absolute atomic E-state index is 12.0. The summed E-state index contributed by atoms with van der Waals surface area (Å²) in [4.78, 5) is 12.0. The molecule has 1 saturated carbocycles. The van der Waals surface area contributed by atoms with E-state index in [0.717, 1.165) is 12.8 Å². The quantitative estimate of drug-likeness (QED) is 0.701. The second-order valence-corrected chi connectivity index (χ2v) is 4.77. The van der Waals surface area contributed by atoms with Crippen molar-refractivity contribution in [2.45, 2.75) is 43.4 Å². The fourth-order valence-electron chi connectivity index (χ4n) is 2.17. The van der Waals surface area contributed by atoms with Crippen LogP contribution in [-0.2, 0) is 14.3 Å². The van der Waals surface area contributed by atoms with Crippen LogP contribution in [0.4, 0.5) is 0 Å². The molecule has 0 aromatic carbocycles. The van der Waals surface area contributed by atoms with Crippen LogP contribution >= 0.6 is 0 Å². The number of methoxy groups -OCH3 is 1. The van der Waals surface area contributed by atoms with Crippen LogP contribution in [0.1, 0.15) is 25.7 Å². The summed E-state index contributed by atoms with van der Waals surface area (Å²) >= 11 is 0. The summed E-state index contributed by atoms with van der Waals surface area (Å²) in [5.74, 6) is -0.0321. The summed E-state index contributed by atoms with van der Waals surface area (Å²) in [5, 5.41) is 2.99. The van der Waals surface area contributed by atoms with Crippen LogP contribution in [0, 0.1) is 0 Å². The Hall–Kier alpha value is -0.650. The van der Waals surface area contributed by atoms with Crippen LogP contribution in [0.3, 0.4) is 0 Å². The fourth-order valence-corrected chi connectivity index (χ4v) is 2.17. The lowest BCUT2D eigenvalue weighted by atomic mass is 9.86. The number of carbonyl (C=O) groups excluding carboxylic acids is 1. The Morgan fingerprint density at radius 2 is 2.06 bits per heavy atom. The predicted molar refractivity (Wildman–Crippen MR) is 58.9 cm³/mol. The Balaban J connectivity index is 1.79. The second kappa shape index (κ2) is 4.69. The number of carbonyl (C=O) groups is 1. The van der Waals surface area contributed by atoms with Crippen LogP contribution in [0.5, 0.6) is 0 Å². The first-order valence-corrected chi connectivity index (χ1v) is 5.84. The van der Waals surface area contributed by atoms with Gasteiger partial charge in [-0.15, -0.1) is 0 Å². The highest BCUT2D eigenvalue weighted by Crippen LogP contribution is 2.24. The van der Waals surface area contributed by atoms with Gasteiger partial charge < -0.3 is 20.5 Å². The molecule has 5 heteroatoms. The monoisotopic (exact) mass is 228 g/mol. The number of hydrogen-bond acceptors (Lipinski definition) is 4. The Bertz CT molecular complexity index is 258. The molecule has 1 aliphatic heterocycles. The van der Waals surface area contributed by atoms with Crippen molar-refractivity contribution in [3.8, 4) is 0 Å². The Morgan fingerprint density at radius 3 is 2.62 bits per heavy atom. The minimum absolute atomic E-state index is 0.0321. The Kier molecular flexibility index (Phi) is 3.47. The van der Waals surface area contributed by atoms with Crippen LogP contribution in [-0.4, -0.2) is 43.9 Å². The molecule has 2 rings (SSSR count). The lowest BCUT2D eigenvalue weighted by Gasteiger charge is -2.38. The van der Waals surface area contributed by atoms with Crippen molar-refractivity contribution in [2.24, 2.45) is 5.73 Å². The largest absolute Gasteiger partial charge is 0.381 e. The van der Waals surface area contributed by atoms with Crippen molar-refractivity contribution in [1.82, 2.24) is 5.32 Å². The first-order chi connectivity index (χ1) is 7.64. The highest BCUT2D eigenvalue weighted by molar-refractivity contribution is 5.86. The summed E-state index contributed by atoms with van der Waals surface area (Å²) in [5.41, 5.74) is 5.35. The third kappa shape index (κ3) is 2.36. The smallest absolute Gasteiger partial charge is 0.240 e. The van der Waals surface area contributed by atoms with Crippen LogP contribution in [0.2, 0.25) is 0 Å². The van der Waals surface area contributed by atoms with Crippen molar-refractivity contribution >= 4 is 5.91 Å². The molecule has 1 amide bonds. The van der Waals surface area contributed by atoms with Gasteiger partial charge in [-0.05, 0) is 25.7 Å². The second-order valence-electron chi connectivity index (χ2n) is 4.77. The van der Waals surface area contributed by atoms with E-state index in [2.05, 4.69) is 5.32 Å². The minimum Gasteiger partial charge on any atom is -0.381 e. The first kappa shape index (κ1) is 11.8. The standard InChI is InChI=1S/C11H20N2O3/c1-15-9-6-8(7-9)13-10(14)11(12)2-4-16-5-3-11/h8-9H,2-7,12H2,1H3,(H,13,14). The van der Waals surface area contributed by atoms with Gasteiger partial charge >= 0.3 is 0 Å². The zero-order valence-corrected chi connectivity index (χ0v) is 9.70. The number of nitrogens with two attached hydrogens (primary N) is 1. The third-order valence-corrected chi connectivity index (χ3v) is 3.60. The van der Waals surface area contributed by atoms with Crippen molar-refractivity contribution in [3.63, 3.8) is 0 Å². The molecule has 16 heavy (non-hydrogen) atoms. The van der Waals surface area contributed by atoms with E-state index in [1.165, 1.54) is 0 Å². The lowest BCUT2D eigenvalue weighted by molar-refractivity contribution is -0.132. The summed E-state index contributed by atoms with van der Waals surface area (Å²) in [6.07, 6.45) is 3.32. The molecule has 2 fully saturated rings. The molecule has 92 valence electrons. The molecule has 0 bridgehead atoms. The van der Waals surface area contributed by atoms with Crippen molar-refractivity contribution in [3.05, 3.63) is 0 Å². The number of ether oxygens (including phenoxy) is 2. The highest BCUT2D eigenvalue weighted by atomic mass is 16.5. The summed E-state index contributed by atoms with van der Waals surface area (Å²) in [6, 6.07) is 0.237. The van der Waals surface area contributed by atoms with Gasteiger partial charge in [-0.1, -0.05) is 0 Å². The van der Waals surface area contributed by atoms with Gasteiger partial charge in [-0.25, -0.2) is 0 Å². The fraction of sp³-hybridized carbons (Fsp3) is 0.909. The van der Waals surface area contributed by atoms with Gasteiger partial charge in [0.2, 0.25) is 5.91 Å². The van der Waals surface area contributed by atoms with Gasteiger partial charge in [0.15, 0.2) is 0 Å². The molecule has 5 nitrogen and oxygen atoms in total. The molecule has 0 spiro atoms. The van der Waals surface area contributed by atoms with Gasteiger partial charge in [0.25, 0.3) is 0 Å². The van der Waals surface area contributed by atoms with E-state index in [1.54, 1.807) is 7.11 Å². The summed E-state index contributed by atoms with van der Waals surface area (Å²) in [7, 11) is 1.70. The highest BCUT2D eigenvalue weighted by Gasteiger charge is 2.39. The van der Waals surface area contributed by atoms with Crippen LogP contribution < -0.4 is 11.1 Å². The number of rotatable bonds is 3. The van der Waals surface area contributed by atoms with Crippen molar-refractivity contribution in [1.29, 1.82) is 0 Å². The zero-order valence-electron chi connectivity index (χ0n) is 9.70. The van der Waals surface area contributed by atoms with Gasteiger partial charge in [-0.3, -0.25) is 4.79 Å². The molecule has 0 unspecified atom stereocenters. The molecule has 1 saturated heterocycles. The van der Waals surface area contributed by atoms with Crippen LogP contribution in [0.15, 0.2) is 0 Å². The Labute approximate surface area is 95.7 Å². The number of hydrogen-bond donors (Lipinski definition) is 2. The average Bonchev–Trinajstić information content (AvgIpc) is 2.23. The lowest BCUT2D eigenvalue weighted by Crippen LogP contribution is -2.60. The molecule has 1 aliphatic carbocycles. The summed E-state index contributed by atoms with van der Waals surface area (Å²) < 4.78 is 10.4. The molecule has 0 radical (unpaired) electrons. The van der Waals surface area contributed by atoms with Crippen molar-refractivity contribution < 1.29 is 14.3 Å². The average molecular weight is 228 g/mol. The molecule has 0 aromatic heterocycles. The number of nitrogens with one attached hydrogen (secondary N) is 1. The van der Waals surface area contributed by atoms with E-state index < -0.39 is 5.54 Å². The molecule has 0 aromatic rings. The zero-order chi connectivity index (χ0) is 11.6.